The molecule has 0 heterocycles. The highest BCUT2D eigenvalue weighted by Crippen LogP contribution is 2.12. The summed E-state index contributed by atoms with van der Waals surface area (Å²) in [6.45, 7) is 2.06. The Balaban J connectivity index is 3.01. The highest BCUT2D eigenvalue weighted by molar-refractivity contribution is 6.17. The largest absolute Gasteiger partial charge is 0.466 e. The molecule has 0 spiro atoms. The van der Waals surface area contributed by atoms with Crippen molar-refractivity contribution in [3.8, 4) is 0 Å². The van der Waals surface area contributed by atoms with Crippen LogP contribution < -0.4 is 0 Å². The fourth-order valence-electron chi connectivity index (χ4n) is 2.47. The molecule has 0 fully saturated rings. The van der Waals surface area contributed by atoms with Gasteiger partial charge >= 0.3 is 5.97 Å². The van der Waals surface area contributed by atoms with Gasteiger partial charge in [0.1, 0.15) is 0 Å². The van der Waals surface area contributed by atoms with Crippen LogP contribution in [0.2, 0.25) is 0 Å². The summed E-state index contributed by atoms with van der Waals surface area (Å²) in [4.78, 5) is 10.6. The smallest absolute Gasteiger partial charge is 0.302 e. The molecule has 0 unspecified atom stereocenters. The van der Waals surface area contributed by atoms with Gasteiger partial charge in [0.05, 0.1) is 6.61 Å². The van der Waals surface area contributed by atoms with Crippen molar-refractivity contribution in [1.29, 1.82) is 0 Å². The second-order valence-electron chi connectivity index (χ2n) is 5.97. The minimum Gasteiger partial charge on any atom is -0.466 e. The number of carbonyl (C=O) groups excluding carboxylic acids is 1. The molecule has 3 heteroatoms. The molecule has 0 rings (SSSR count). The summed E-state index contributed by atoms with van der Waals surface area (Å²) in [6.07, 6.45) is 21.0. The molecule has 0 atom stereocenters. The van der Waals surface area contributed by atoms with Gasteiger partial charge in [0.15, 0.2) is 0 Å². The van der Waals surface area contributed by atoms with E-state index in [0.717, 1.165) is 18.7 Å². The van der Waals surface area contributed by atoms with Crippen molar-refractivity contribution in [3.05, 3.63) is 12.2 Å². The number of alkyl halides is 1. The van der Waals surface area contributed by atoms with Crippen LogP contribution in [0.15, 0.2) is 12.2 Å². The van der Waals surface area contributed by atoms with Gasteiger partial charge in [0, 0.05) is 12.8 Å². The standard InChI is InChI=1S/C19H35ClO2/c1-19(21)22-18-16-14-12-10-8-6-4-2-3-5-7-9-11-13-15-17-20/h11,13H,2-10,12,14-18H2,1H3/b13-11+. The second kappa shape index (κ2) is 18.5. The van der Waals surface area contributed by atoms with E-state index in [4.69, 9.17) is 16.3 Å². The van der Waals surface area contributed by atoms with Gasteiger partial charge in [0.2, 0.25) is 0 Å². The molecule has 0 aromatic heterocycles. The van der Waals surface area contributed by atoms with Gasteiger partial charge in [-0.3, -0.25) is 4.79 Å². The normalized spacial score (nSPS) is 11.2. The lowest BCUT2D eigenvalue weighted by atomic mass is 10.1. The lowest BCUT2D eigenvalue weighted by molar-refractivity contribution is -0.141. The number of allylic oxidation sites excluding steroid dienone is 2. The summed E-state index contributed by atoms with van der Waals surface area (Å²) in [5.41, 5.74) is 0. The average Bonchev–Trinajstić information content (AvgIpc) is 2.50. The zero-order chi connectivity index (χ0) is 16.3. The van der Waals surface area contributed by atoms with E-state index >= 15 is 0 Å². The summed E-state index contributed by atoms with van der Waals surface area (Å²) < 4.78 is 4.91. The average molecular weight is 331 g/mol. The van der Waals surface area contributed by atoms with Crippen molar-refractivity contribution in [2.45, 2.75) is 90.4 Å². The summed E-state index contributed by atoms with van der Waals surface area (Å²) in [7, 11) is 0. The molecule has 0 saturated heterocycles. The van der Waals surface area contributed by atoms with Gasteiger partial charge in [-0.05, 0) is 25.7 Å². The maximum Gasteiger partial charge on any atom is 0.302 e. The Labute approximate surface area is 142 Å². The number of hydrogen-bond acceptors (Lipinski definition) is 2. The highest BCUT2D eigenvalue weighted by Gasteiger charge is 1.95. The number of halogens is 1. The van der Waals surface area contributed by atoms with Crippen LogP contribution in [0.5, 0.6) is 0 Å². The molecular formula is C19H35ClO2. The first-order chi connectivity index (χ1) is 10.8. The molecule has 0 N–H and O–H groups in total. The van der Waals surface area contributed by atoms with Crippen molar-refractivity contribution in [2.24, 2.45) is 0 Å². The minimum atomic E-state index is -0.161. The van der Waals surface area contributed by atoms with E-state index in [1.165, 1.54) is 77.6 Å². The molecule has 0 bridgehead atoms. The Morgan fingerprint density at radius 2 is 1.23 bits per heavy atom. The predicted molar refractivity (Wildman–Crippen MR) is 96.5 cm³/mol. The SMILES string of the molecule is CC(=O)OCCCCCCCCCCCCC/C=C/CCCl. The van der Waals surface area contributed by atoms with Crippen LogP contribution in [0.1, 0.15) is 90.4 Å². The zero-order valence-corrected chi connectivity index (χ0v) is 15.2. The zero-order valence-electron chi connectivity index (χ0n) is 14.5. The molecule has 0 radical (unpaired) electrons. The van der Waals surface area contributed by atoms with E-state index in [9.17, 15) is 4.79 Å². The Kier molecular flexibility index (Phi) is 18.1. The molecular weight excluding hydrogens is 296 g/mol. The maximum atomic E-state index is 10.6. The van der Waals surface area contributed by atoms with Gasteiger partial charge < -0.3 is 4.74 Å². The molecule has 0 aromatic rings. The van der Waals surface area contributed by atoms with Crippen LogP contribution in [0.25, 0.3) is 0 Å². The number of esters is 1. The predicted octanol–water partition coefficient (Wildman–Crippen LogP) is 6.42. The Hall–Kier alpha value is -0.500. The van der Waals surface area contributed by atoms with Crippen LogP contribution in [-0.4, -0.2) is 18.5 Å². The summed E-state index contributed by atoms with van der Waals surface area (Å²) in [6, 6.07) is 0. The molecule has 0 aliphatic rings. The summed E-state index contributed by atoms with van der Waals surface area (Å²) in [5, 5.41) is 0. The Bertz CT molecular complexity index is 264. The highest BCUT2D eigenvalue weighted by atomic mass is 35.5. The van der Waals surface area contributed by atoms with Crippen molar-refractivity contribution in [1.82, 2.24) is 0 Å². The summed E-state index contributed by atoms with van der Waals surface area (Å²) >= 11 is 5.61. The van der Waals surface area contributed by atoms with Crippen molar-refractivity contribution >= 4 is 17.6 Å². The molecule has 0 amide bonds. The van der Waals surface area contributed by atoms with E-state index < -0.39 is 0 Å². The van der Waals surface area contributed by atoms with Gasteiger partial charge in [-0.15, -0.1) is 11.6 Å². The minimum absolute atomic E-state index is 0.161. The molecule has 22 heavy (non-hydrogen) atoms. The quantitative estimate of drug-likeness (QED) is 0.141. The van der Waals surface area contributed by atoms with Gasteiger partial charge in [-0.1, -0.05) is 69.9 Å². The van der Waals surface area contributed by atoms with Crippen LogP contribution in [0.4, 0.5) is 0 Å². The lowest BCUT2D eigenvalue weighted by Gasteiger charge is -2.03. The molecule has 0 aromatic carbocycles. The van der Waals surface area contributed by atoms with Crippen molar-refractivity contribution in [2.75, 3.05) is 12.5 Å². The maximum absolute atomic E-state index is 10.6. The Morgan fingerprint density at radius 3 is 1.73 bits per heavy atom. The Morgan fingerprint density at radius 1 is 0.773 bits per heavy atom. The van der Waals surface area contributed by atoms with Gasteiger partial charge in [0.25, 0.3) is 0 Å². The second-order valence-corrected chi connectivity index (χ2v) is 6.34. The van der Waals surface area contributed by atoms with Gasteiger partial charge in [-0.2, -0.15) is 0 Å². The third kappa shape index (κ3) is 19.5. The molecule has 0 aliphatic heterocycles. The third-order valence-corrected chi connectivity index (χ3v) is 3.98. The van der Waals surface area contributed by atoms with Crippen molar-refractivity contribution in [3.63, 3.8) is 0 Å². The van der Waals surface area contributed by atoms with Gasteiger partial charge in [-0.25, -0.2) is 0 Å². The summed E-state index contributed by atoms with van der Waals surface area (Å²) in [5.74, 6) is 0.578. The van der Waals surface area contributed by atoms with Crippen LogP contribution in [0.3, 0.4) is 0 Å². The van der Waals surface area contributed by atoms with Crippen LogP contribution in [-0.2, 0) is 9.53 Å². The van der Waals surface area contributed by atoms with E-state index in [1.54, 1.807) is 0 Å². The van der Waals surface area contributed by atoms with E-state index in [2.05, 4.69) is 12.2 Å². The third-order valence-electron chi connectivity index (χ3n) is 3.76. The number of unbranched alkanes of at least 4 members (excludes halogenated alkanes) is 11. The molecule has 0 aliphatic carbocycles. The first kappa shape index (κ1) is 21.5. The molecule has 0 saturated carbocycles. The fourth-order valence-corrected chi connectivity index (χ4v) is 2.60. The fraction of sp³-hybridized carbons (Fsp3) is 0.842. The first-order valence-electron chi connectivity index (χ1n) is 9.11. The lowest BCUT2D eigenvalue weighted by Crippen LogP contribution is -2.00. The number of ether oxygens (including phenoxy) is 1. The van der Waals surface area contributed by atoms with Crippen LogP contribution in [0, 0.1) is 0 Å². The van der Waals surface area contributed by atoms with Crippen molar-refractivity contribution < 1.29 is 9.53 Å². The van der Waals surface area contributed by atoms with E-state index in [-0.39, 0.29) is 5.97 Å². The number of hydrogen-bond donors (Lipinski definition) is 0. The topological polar surface area (TPSA) is 26.3 Å². The molecule has 2 nitrogen and oxygen atoms in total. The monoisotopic (exact) mass is 330 g/mol. The molecule has 130 valence electrons. The number of rotatable bonds is 16. The first-order valence-corrected chi connectivity index (χ1v) is 9.65. The number of carbonyl (C=O) groups is 1. The van der Waals surface area contributed by atoms with Crippen LogP contribution >= 0.6 is 11.6 Å². The van der Waals surface area contributed by atoms with E-state index in [1.807, 2.05) is 0 Å². The van der Waals surface area contributed by atoms with E-state index in [0.29, 0.717) is 6.61 Å².